The Bertz CT molecular complexity index is 372. The van der Waals surface area contributed by atoms with Crippen LogP contribution in [-0.4, -0.2) is 14.7 Å². The van der Waals surface area contributed by atoms with E-state index in [0.717, 1.165) is 11.3 Å². The van der Waals surface area contributed by atoms with E-state index in [2.05, 4.69) is 9.59 Å². The van der Waals surface area contributed by atoms with Gasteiger partial charge in [-0.3, -0.25) is 0 Å². The Hall–Kier alpha value is -1.42. The fourth-order valence-corrected chi connectivity index (χ4v) is 1.42. The maximum Gasteiger partial charge on any atom is 0.116 e. The van der Waals surface area contributed by atoms with Gasteiger partial charge in [0.05, 0.1) is 0 Å². The van der Waals surface area contributed by atoms with Gasteiger partial charge >= 0.3 is 0 Å². The second-order valence-electron chi connectivity index (χ2n) is 2.34. The van der Waals surface area contributed by atoms with Gasteiger partial charge in [-0.25, -0.2) is 0 Å². The van der Waals surface area contributed by atoms with E-state index in [1.807, 2.05) is 11.4 Å². The van der Waals surface area contributed by atoms with Crippen molar-refractivity contribution >= 4 is 11.5 Å². The molecule has 0 aliphatic rings. The molecule has 1 N–H and O–H groups in total. The summed E-state index contributed by atoms with van der Waals surface area (Å²) >= 11 is 1.30. The first-order valence-electron chi connectivity index (χ1n) is 3.43. The second kappa shape index (κ2) is 2.91. The van der Waals surface area contributed by atoms with E-state index in [1.165, 1.54) is 11.5 Å². The second-order valence-corrected chi connectivity index (χ2v) is 2.95. The molecule has 0 atom stereocenters. The predicted octanol–water partition coefficient (Wildman–Crippen LogP) is 1.91. The van der Waals surface area contributed by atoms with Gasteiger partial charge in [0.15, 0.2) is 0 Å². The molecule has 1 aromatic carbocycles. The number of nitrogens with zero attached hydrogens (tertiary/aromatic N) is 2. The lowest BCUT2D eigenvalue weighted by Gasteiger charge is -1.95. The Morgan fingerprint density at radius 3 is 2.92 bits per heavy atom. The summed E-state index contributed by atoms with van der Waals surface area (Å²) in [7, 11) is 0. The van der Waals surface area contributed by atoms with E-state index in [9.17, 15) is 0 Å². The average molecular weight is 178 g/mol. The molecule has 0 radical (unpaired) electrons. The quantitative estimate of drug-likeness (QED) is 0.725. The van der Waals surface area contributed by atoms with Crippen molar-refractivity contribution in [3.8, 4) is 17.0 Å². The lowest BCUT2D eigenvalue weighted by Crippen LogP contribution is -1.76. The highest BCUT2D eigenvalue weighted by Crippen LogP contribution is 2.21. The molecular weight excluding hydrogens is 172 g/mol. The topological polar surface area (TPSA) is 46.0 Å². The fraction of sp³-hybridized carbons (Fsp3) is 0. The molecule has 1 heterocycles. The molecule has 0 spiro atoms. The highest BCUT2D eigenvalue weighted by Gasteiger charge is 2.00. The Balaban J connectivity index is 2.48. The molecule has 0 amide bonds. The third kappa shape index (κ3) is 1.29. The first-order chi connectivity index (χ1) is 5.86. The van der Waals surface area contributed by atoms with Crippen molar-refractivity contribution in [3.63, 3.8) is 0 Å². The van der Waals surface area contributed by atoms with Gasteiger partial charge in [-0.05, 0) is 23.7 Å². The molecule has 60 valence electrons. The largest absolute Gasteiger partial charge is 0.508 e. The van der Waals surface area contributed by atoms with Crippen LogP contribution in [-0.2, 0) is 0 Å². The van der Waals surface area contributed by atoms with Crippen molar-refractivity contribution in [2.45, 2.75) is 0 Å². The summed E-state index contributed by atoms with van der Waals surface area (Å²) in [6, 6.07) is 6.96. The molecule has 0 fully saturated rings. The van der Waals surface area contributed by atoms with E-state index in [-0.39, 0.29) is 5.75 Å². The van der Waals surface area contributed by atoms with E-state index in [1.54, 1.807) is 18.2 Å². The zero-order valence-electron chi connectivity index (χ0n) is 6.14. The van der Waals surface area contributed by atoms with Gasteiger partial charge in [0.25, 0.3) is 0 Å². The number of aromatic nitrogens is 2. The third-order valence-electron chi connectivity index (χ3n) is 1.50. The van der Waals surface area contributed by atoms with Crippen LogP contribution >= 0.6 is 11.5 Å². The molecule has 0 aliphatic heterocycles. The molecule has 3 nitrogen and oxygen atoms in total. The van der Waals surface area contributed by atoms with Crippen LogP contribution < -0.4 is 0 Å². The number of hydrogen-bond acceptors (Lipinski definition) is 4. The fourth-order valence-electron chi connectivity index (χ4n) is 0.956. The SMILES string of the molecule is Oc1cccc(-c2csnn2)c1. The van der Waals surface area contributed by atoms with Crippen molar-refractivity contribution in [1.82, 2.24) is 9.59 Å². The van der Waals surface area contributed by atoms with Gasteiger partial charge < -0.3 is 5.11 Å². The zero-order chi connectivity index (χ0) is 8.39. The molecule has 0 aliphatic carbocycles. The van der Waals surface area contributed by atoms with E-state index < -0.39 is 0 Å². The number of phenolic OH excluding ortho intramolecular Hbond substituents is 1. The van der Waals surface area contributed by atoms with Crippen molar-refractivity contribution in [2.24, 2.45) is 0 Å². The Morgan fingerprint density at radius 1 is 1.33 bits per heavy atom. The summed E-state index contributed by atoms with van der Waals surface area (Å²) in [4.78, 5) is 0. The van der Waals surface area contributed by atoms with Gasteiger partial charge in [0, 0.05) is 10.9 Å². The van der Waals surface area contributed by atoms with Crippen LogP contribution in [0, 0.1) is 0 Å². The zero-order valence-corrected chi connectivity index (χ0v) is 6.95. The number of phenols is 1. The molecule has 0 unspecified atom stereocenters. The molecule has 2 aromatic rings. The Kier molecular flexibility index (Phi) is 1.75. The molecule has 0 saturated heterocycles. The van der Waals surface area contributed by atoms with Crippen LogP contribution in [0.15, 0.2) is 29.6 Å². The van der Waals surface area contributed by atoms with E-state index in [4.69, 9.17) is 5.11 Å². The van der Waals surface area contributed by atoms with Gasteiger partial charge in [-0.2, -0.15) is 0 Å². The van der Waals surface area contributed by atoms with Crippen LogP contribution in [0.25, 0.3) is 11.3 Å². The number of rotatable bonds is 1. The molecule has 1 aromatic heterocycles. The lowest BCUT2D eigenvalue weighted by molar-refractivity contribution is 0.475. The lowest BCUT2D eigenvalue weighted by atomic mass is 10.2. The summed E-state index contributed by atoms with van der Waals surface area (Å²) in [6.07, 6.45) is 0. The van der Waals surface area contributed by atoms with Gasteiger partial charge in [-0.1, -0.05) is 16.6 Å². The monoisotopic (exact) mass is 178 g/mol. The molecule has 12 heavy (non-hydrogen) atoms. The van der Waals surface area contributed by atoms with Crippen molar-refractivity contribution in [3.05, 3.63) is 29.6 Å². The maximum absolute atomic E-state index is 9.17. The number of aromatic hydroxyl groups is 1. The van der Waals surface area contributed by atoms with Crippen LogP contribution in [0.4, 0.5) is 0 Å². The Morgan fingerprint density at radius 2 is 2.25 bits per heavy atom. The summed E-state index contributed by atoms with van der Waals surface area (Å²) in [5, 5.41) is 14.9. The minimum absolute atomic E-state index is 0.250. The summed E-state index contributed by atoms with van der Waals surface area (Å²) in [6.45, 7) is 0. The maximum atomic E-state index is 9.17. The van der Waals surface area contributed by atoms with Crippen molar-refractivity contribution in [2.75, 3.05) is 0 Å². The van der Waals surface area contributed by atoms with E-state index in [0.29, 0.717) is 0 Å². The van der Waals surface area contributed by atoms with Crippen LogP contribution in [0.5, 0.6) is 5.75 Å². The minimum Gasteiger partial charge on any atom is -0.508 e. The predicted molar refractivity (Wildman–Crippen MR) is 47.0 cm³/mol. The van der Waals surface area contributed by atoms with E-state index >= 15 is 0 Å². The van der Waals surface area contributed by atoms with Crippen LogP contribution in [0.1, 0.15) is 0 Å². The third-order valence-corrected chi connectivity index (χ3v) is 2.01. The normalized spacial score (nSPS) is 10.0. The Labute approximate surface area is 73.5 Å². The first kappa shape index (κ1) is 7.24. The highest BCUT2D eigenvalue weighted by atomic mass is 32.1. The summed E-state index contributed by atoms with van der Waals surface area (Å²) in [5.74, 6) is 0.250. The van der Waals surface area contributed by atoms with Gasteiger partial charge in [0.1, 0.15) is 11.4 Å². The van der Waals surface area contributed by atoms with Gasteiger partial charge in [0.2, 0.25) is 0 Å². The standard InChI is InChI=1S/C8H6N2OS/c11-7-3-1-2-6(4-7)8-5-12-10-9-8/h1-5,11H. The van der Waals surface area contributed by atoms with Crippen LogP contribution in [0.2, 0.25) is 0 Å². The summed E-state index contributed by atoms with van der Waals surface area (Å²) in [5.41, 5.74) is 1.69. The highest BCUT2D eigenvalue weighted by molar-refractivity contribution is 7.03. The minimum atomic E-state index is 0.250. The molecule has 0 saturated carbocycles. The first-order valence-corrected chi connectivity index (χ1v) is 4.26. The molecule has 4 heteroatoms. The number of hydrogen-bond donors (Lipinski definition) is 1. The van der Waals surface area contributed by atoms with Crippen LogP contribution in [0.3, 0.4) is 0 Å². The number of benzene rings is 1. The molecule has 2 rings (SSSR count). The molecular formula is C8H6N2OS. The molecule has 0 bridgehead atoms. The van der Waals surface area contributed by atoms with Crippen molar-refractivity contribution in [1.29, 1.82) is 0 Å². The smallest absolute Gasteiger partial charge is 0.116 e. The van der Waals surface area contributed by atoms with Gasteiger partial charge in [-0.15, -0.1) is 5.10 Å². The summed E-state index contributed by atoms with van der Waals surface area (Å²) < 4.78 is 3.74. The van der Waals surface area contributed by atoms with Crippen molar-refractivity contribution < 1.29 is 5.11 Å². The average Bonchev–Trinajstić information content (AvgIpc) is 2.56.